The molecule has 9 heteroatoms. The minimum Gasteiger partial charge on any atom is -0.323 e. The van der Waals surface area contributed by atoms with Crippen molar-refractivity contribution >= 4 is 23.2 Å². The molecule has 124 valence electrons. The smallest absolute Gasteiger partial charge is 0.323 e. The Labute approximate surface area is 146 Å². The van der Waals surface area contributed by atoms with E-state index in [0.29, 0.717) is 10.7 Å². The van der Waals surface area contributed by atoms with Crippen molar-refractivity contribution in [3.63, 3.8) is 0 Å². The van der Waals surface area contributed by atoms with Gasteiger partial charge in [-0.2, -0.15) is 14.6 Å². The topological polar surface area (TPSA) is 106 Å². The molecule has 0 fully saturated rings. The lowest BCUT2D eigenvalue weighted by Gasteiger charge is -2.06. The number of hydrogen-bond donors (Lipinski definition) is 1. The van der Waals surface area contributed by atoms with Crippen molar-refractivity contribution in [1.82, 2.24) is 19.8 Å². The van der Waals surface area contributed by atoms with E-state index < -0.39 is 11.6 Å². The average molecular weight is 355 g/mol. The summed E-state index contributed by atoms with van der Waals surface area (Å²) in [6.45, 7) is -0.344. The highest BCUT2D eigenvalue weighted by molar-refractivity contribution is 6.31. The van der Waals surface area contributed by atoms with E-state index in [4.69, 9.17) is 16.9 Å². The summed E-state index contributed by atoms with van der Waals surface area (Å²) in [6.07, 6.45) is 0. The van der Waals surface area contributed by atoms with Gasteiger partial charge in [0.25, 0.3) is 0 Å². The molecule has 0 aliphatic rings. The molecule has 8 nitrogen and oxygen atoms in total. The van der Waals surface area contributed by atoms with E-state index in [1.54, 1.807) is 30.3 Å². The Hall–Kier alpha value is -3.44. The molecule has 0 saturated carbocycles. The zero-order chi connectivity index (χ0) is 17.8. The molecule has 25 heavy (non-hydrogen) atoms. The van der Waals surface area contributed by atoms with Gasteiger partial charge in [-0.25, -0.2) is 4.79 Å². The van der Waals surface area contributed by atoms with Crippen LogP contribution in [0.1, 0.15) is 5.56 Å². The van der Waals surface area contributed by atoms with Crippen LogP contribution in [0.4, 0.5) is 5.69 Å². The molecule has 0 unspecified atom stereocenters. The second kappa shape index (κ2) is 6.98. The number of carbonyl (C=O) groups is 1. The number of nitriles is 1. The summed E-state index contributed by atoms with van der Waals surface area (Å²) >= 11 is 5.87. The normalized spacial score (nSPS) is 10.2. The van der Waals surface area contributed by atoms with Crippen molar-refractivity contribution in [2.45, 2.75) is 6.54 Å². The van der Waals surface area contributed by atoms with Crippen LogP contribution < -0.4 is 11.0 Å². The van der Waals surface area contributed by atoms with Crippen molar-refractivity contribution in [2.24, 2.45) is 0 Å². The third-order valence-electron chi connectivity index (χ3n) is 3.31. The maximum atomic E-state index is 12.3. The predicted octanol–water partition coefficient (Wildman–Crippen LogP) is 1.59. The monoisotopic (exact) mass is 354 g/mol. The van der Waals surface area contributed by atoms with E-state index in [-0.39, 0.29) is 17.8 Å². The lowest BCUT2D eigenvalue weighted by Crippen LogP contribution is -2.29. The quantitative estimate of drug-likeness (QED) is 0.765. The van der Waals surface area contributed by atoms with E-state index in [2.05, 4.69) is 15.7 Å². The van der Waals surface area contributed by atoms with Gasteiger partial charge in [-0.15, -0.1) is 0 Å². The van der Waals surface area contributed by atoms with Crippen LogP contribution in [-0.2, 0) is 11.3 Å². The predicted molar refractivity (Wildman–Crippen MR) is 90.4 cm³/mol. The summed E-state index contributed by atoms with van der Waals surface area (Å²) in [5, 5.41) is 19.4. The number of para-hydroxylation sites is 1. The summed E-state index contributed by atoms with van der Waals surface area (Å²) in [4.78, 5) is 24.4. The largest absolute Gasteiger partial charge is 0.368 e. The molecular weight excluding hydrogens is 344 g/mol. The van der Waals surface area contributed by atoms with Gasteiger partial charge in [0.2, 0.25) is 5.91 Å². The fourth-order valence-corrected chi connectivity index (χ4v) is 2.32. The molecule has 1 N–H and O–H groups in total. The Bertz CT molecular complexity index is 1020. The second-order valence-corrected chi connectivity index (χ2v) is 5.45. The highest BCUT2D eigenvalue weighted by Crippen LogP contribution is 2.20. The van der Waals surface area contributed by atoms with Crippen molar-refractivity contribution in [1.29, 1.82) is 5.26 Å². The Kier molecular flexibility index (Phi) is 4.59. The number of nitrogens with zero attached hydrogens (tertiary/aromatic N) is 5. The second-order valence-electron chi connectivity index (χ2n) is 5.02. The van der Waals surface area contributed by atoms with Crippen LogP contribution in [0.3, 0.4) is 0 Å². The van der Waals surface area contributed by atoms with Gasteiger partial charge in [0.1, 0.15) is 12.6 Å². The van der Waals surface area contributed by atoms with Gasteiger partial charge in [0, 0.05) is 5.02 Å². The molecule has 1 heterocycles. The Morgan fingerprint density at radius 2 is 1.96 bits per heavy atom. The van der Waals surface area contributed by atoms with Gasteiger partial charge in [0.15, 0.2) is 0 Å². The first-order valence-electron chi connectivity index (χ1n) is 7.16. The van der Waals surface area contributed by atoms with Crippen LogP contribution in [-0.4, -0.2) is 25.7 Å². The Morgan fingerprint density at radius 3 is 2.68 bits per heavy atom. The number of halogens is 1. The van der Waals surface area contributed by atoms with Gasteiger partial charge in [-0.3, -0.25) is 4.79 Å². The first kappa shape index (κ1) is 16.4. The number of aromatic nitrogens is 4. The zero-order valence-corrected chi connectivity index (χ0v) is 13.5. The Balaban J connectivity index is 1.79. The summed E-state index contributed by atoms with van der Waals surface area (Å²) in [6, 6.07) is 15.2. The van der Waals surface area contributed by atoms with Crippen molar-refractivity contribution in [2.75, 3.05) is 5.32 Å². The van der Waals surface area contributed by atoms with Crippen LogP contribution in [0.15, 0.2) is 53.3 Å². The molecule has 0 bridgehead atoms. The maximum absolute atomic E-state index is 12.3. The van der Waals surface area contributed by atoms with Crippen LogP contribution in [0, 0.1) is 11.3 Å². The van der Waals surface area contributed by atoms with Crippen LogP contribution in [0.25, 0.3) is 5.69 Å². The van der Waals surface area contributed by atoms with Crippen LogP contribution in [0.2, 0.25) is 5.02 Å². The maximum Gasteiger partial charge on any atom is 0.368 e. The van der Waals surface area contributed by atoms with Crippen molar-refractivity contribution < 1.29 is 4.79 Å². The number of nitrogens with one attached hydrogen (secondary N) is 1. The molecular formula is C16H11ClN6O2. The number of carbonyl (C=O) groups excluding carboxylic acids is 1. The summed E-state index contributed by atoms with van der Waals surface area (Å²) in [5.74, 6) is -0.527. The standard InChI is InChI=1S/C16H11ClN6O2/c17-12-7-6-11(9-18)14(8-12)19-15(24)10-22-16(25)23(21-20-22)13-4-2-1-3-5-13/h1-8H,10H2,(H,19,24). The molecule has 3 rings (SSSR count). The molecule has 0 aliphatic carbocycles. The Morgan fingerprint density at radius 1 is 1.20 bits per heavy atom. The zero-order valence-electron chi connectivity index (χ0n) is 12.8. The van der Waals surface area contributed by atoms with E-state index in [1.165, 1.54) is 12.1 Å². The lowest BCUT2D eigenvalue weighted by molar-refractivity contribution is -0.117. The van der Waals surface area contributed by atoms with Gasteiger partial charge >= 0.3 is 5.69 Å². The first-order valence-corrected chi connectivity index (χ1v) is 7.54. The number of anilines is 1. The number of tetrazole rings is 1. The number of rotatable bonds is 4. The van der Waals surface area contributed by atoms with Gasteiger partial charge in [-0.05, 0) is 40.8 Å². The minimum atomic E-state index is -0.548. The molecule has 0 saturated heterocycles. The van der Waals surface area contributed by atoms with Crippen molar-refractivity contribution in [3.05, 3.63) is 69.6 Å². The molecule has 0 spiro atoms. The molecule has 0 aliphatic heterocycles. The molecule has 3 aromatic rings. The fraction of sp³-hybridized carbons (Fsp3) is 0.0625. The third-order valence-corrected chi connectivity index (χ3v) is 3.54. The van der Waals surface area contributed by atoms with Gasteiger partial charge in [0.05, 0.1) is 16.9 Å². The van der Waals surface area contributed by atoms with E-state index >= 15 is 0 Å². The lowest BCUT2D eigenvalue weighted by atomic mass is 10.2. The molecule has 1 aromatic heterocycles. The summed E-state index contributed by atoms with van der Waals surface area (Å²) in [7, 11) is 0. The van der Waals surface area contributed by atoms with Crippen LogP contribution in [0.5, 0.6) is 0 Å². The van der Waals surface area contributed by atoms with E-state index in [0.717, 1.165) is 9.36 Å². The van der Waals surface area contributed by atoms with Crippen molar-refractivity contribution in [3.8, 4) is 11.8 Å². The molecule has 0 radical (unpaired) electrons. The first-order chi connectivity index (χ1) is 12.1. The summed E-state index contributed by atoms with van der Waals surface area (Å²) < 4.78 is 2.02. The molecule has 2 aromatic carbocycles. The summed E-state index contributed by atoms with van der Waals surface area (Å²) in [5.41, 5.74) is 0.523. The number of benzene rings is 2. The van der Waals surface area contributed by atoms with Gasteiger partial charge < -0.3 is 5.32 Å². The highest BCUT2D eigenvalue weighted by Gasteiger charge is 2.13. The number of amides is 1. The van der Waals surface area contributed by atoms with Crippen LogP contribution >= 0.6 is 11.6 Å². The van der Waals surface area contributed by atoms with E-state index in [9.17, 15) is 9.59 Å². The SMILES string of the molecule is N#Cc1ccc(Cl)cc1NC(=O)Cn1nnn(-c2ccccc2)c1=O. The highest BCUT2D eigenvalue weighted by atomic mass is 35.5. The molecule has 0 atom stereocenters. The average Bonchev–Trinajstić information content (AvgIpc) is 2.96. The fourth-order valence-electron chi connectivity index (χ4n) is 2.15. The van der Waals surface area contributed by atoms with E-state index in [1.807, 2.05) is 12.1 Å². The minimum absolute atomic E-state index is 0.262. The van der Waals surface area contributed by atoms with Gasteiger partial charge in [-0.1, -0.05) is 29.8 Å². The molecule has 1 amide bonds. The third kappa shape index (κ3) is 3.57. The number of hydrogen-bond acceptors (Lipinski definition) is 5.